The van der Waals surface area contributed by atoms with Crippen molar-refractivity contribution in [2.24, 2.45) is 5.92 Å². The maximum Gasteiger partial charge on any atom is 0.326 e. The maximum absolute atomic E-state index is 13.4. The number of carbonyl (C=O) groups is 2. The SMILES string of the molecule is CC(C)C[C@H](NC(=O)c1ccc([N+](=O)[O-])c(F)c1)C(=O)O. The van der Waals surface area contributed by atoms with E-state index in [-0.39, 0.29) is 17.9 Å². The molecule has 0 aromatic heterocycles. The Balaban J connectivity index is 2.90. The zero-order valence-corrected chi connectivity index (χ0v) is 11.5. The van der Waals surface area contributed by atoms with Crippen LogP contribution in [0.4, 0.5) is 10.1 Å². The number of hydrogen-bond acceptors (Lipinski definition) is 4. The predicted molar refractivity (Wildman–Crippen MR) is 71.4 cm³/mol. The molecule has 1 aromatic carbocycles. The highest BCUT2D eigenvalue weighted by atomic mass is 19.1. The second-order valence-electron chi connectivity index (χ2n) is 4.92. The number of carbonyl (C=O) groups excluding carboxylic acids is 1. The molecule has 21 heavy (non-hydrogen) atoms. The van der Waals surface area contributed by atoms with E-state index in [0.717, 1.165) is 12.1 Å². The minimum absolute atomic E-state index is 0.0417. The molecule has 0 saturated heterocycles. The number of hydrogen-bond donors (Lipinski definition) is 2. The zero-order valence-electron chi connectivity index (χ0n) is 11.5. The smallest absolute Gasteiger partial charge is 0.326 e. The average molecular weight is 298 g/mol. The maximum atomic E-state index is 13.4. The van der Waals surface area contributed by atoms with Crippen LogP contribution in [0, 0.1) is 21.8 Å². The Hall–Kier alpha value is -2.51. The van der Waals surface area contributed by atoms with Gasteiger partial charge in [-0.1, -0.05) is 13.8 Å². The van der Waals surface area contributed by atoms with Crippen molar-refractivity contribution in [1.82, 2.24) is 5.32 Å². The second-order valence-corrected chi connectivity index (χ2v) is 4.92. The van der Waals surface area contributed by atoms with E-state index >= 15 is 0 Å². The second kappa shape index (κ2) is 6.78. The fraction of sp³-hybridized carbons (Fsp3) is 0.385. The van der Waals surface area contributed by atoms with Crippen molar-refractivity contribution in [3.8, 4) is 0 Å². The van der Waals surface area contributed by atoms with Crippen molar-refractivity contribution < 1.29 is 24.0 Å². The lowest BCUT2D eigenvalue weighted by Crippen LogP contribution is -2.41. The Morgan fingerprint density at radius 2 is 2.05 bits per heavy atom. The summed E-state index contributed by atoms with van der Waals surface area (Å²) in [5.41, 5.74) is -0.920. The molecule has 0 heterocycles. The standard InChI is InChI=1S/C13H15FN2O5/c1-7(2)5-10(13(18)19)15-12(17)8-3-4-11(16(20)21)9(14)6-8/h3-4,6-7,10H,5H2,1-2H3,(H,15,17)(H,18,19)/t10-/m0/s1. The molecule has 1 rings (SSSR count). The molecule has 0 unspecified atom stereocenters. The number of aliphatic carboxylic acids is 1. The van der Waals surface area contributed by atoms with Crippen LogP contribution in [0.5, 0.6) is 0 Å². The van der Waals surface area contributed by atoms with E-state index in [1.165, 1.54) is 0 Å². The summed E-state index contributed by atoms with van der Waals surface area (Å²) in [6.45, 7) is 3.60. The van der Waals surface area contributed by atoms with E-state index in [1.807, 2.05) is 0 Å². The summed E-state index contributed by atoms with van der Waals surface area (Å²) in [5.74, 6) is -3.10. The van der Waals surface area contributed by atoms with Gasteiger partial charge in [0.15, 0.2) is 0 Å². The first-order chi connectivity index (χ1) is 9.72. The van der Waals surface area contributed by atoms with Crippen molar-refractivity contribution in [1.29, 1.82) is 0 Å². The van der Waals surface area contributed by atoms with Gasteiger partial charge in [0.25, 0.3) is 5.91 Å². The number of halogens is 1. The molecule has 0 aliphatic carbocycles. The third-order valence-electron chi connectivity index (χ3n) is 2.72. The normalized spacial score (nSPS) is 12.0. The first-order valence-electron chi connectivity index (χ1n) is 6.20. The summed E-state index contributed by atoms with van der Waals surface area (Å²) in [6.07, 6.45) is 0.219. The Labute approximate surface area is 119 Å². The number of nitrogens with one attached hydrogen (secondary N) is 1. The molecule has 1 atom stereocenters. The van der Waals surface area contributed by atoms with Gasteiger partial charge in [-0.2, -0.15) is 4.39 Å². The monoisotopic (exact) mass is 298 g/mol. The summed E-state index contributed by atoms with van der Waals surface area (Å²) in [7, 11) is 0. The van der Waals surface area contributed by atoms with Gasteiger partial charge in [0.05, 0.1) is 4.92 Å². The van der Waals surface area contributed by atoms with Crippen LogP contribution in [-0.4, -0.2) is 27.9 Å². The first-order valence-corrected chi connectivity index (χ1v) is 6.20. The van der Waals surface area contributed by atoms with E-state index in [2.05, 4.69) is 5.32 Å². The van der Waals surface area contributed by atoms with Crippen LogP contribution >= 0.6 is 0 Å². The van der Waals surface area contributed by atoms with Crippen LogP contribution < -0.4 is 5.32 Å². The van der Waals surface area contributed by atoms with Crippen molar-refractivity contribution >= 4 is 17.6 Å². The van der Waals surface area contributed by atoms with Gasteiger partial charge in [0.1, 0.15) is 6.04 Å². The van der Waals surface area contributed by atoms with E-state index in [9.17, 15) is 24.1 Å². The van der Waals surface area contributed by atoms with Crippen LogP contribution in [0.1, 0.15) is 30.6 Å². The largest absolute Gasteiger partial charge is 0.480 e. The number of benzene rings is 1. The minimum Gasteiger partial charge on any atom is -0.480 e. The molecular formula is C13H15FN2O5. The van der Waals surface area contributed by atoms with Gasteiger partial charge >= 0.3 is 11.7 Å². The topological polar surface area (TPSA) is 110 Å². The highest BCUT2D eigenvalue weighted by Crippen LogP contribution is 2.18. The van der Waals surface area contributed by atoms with Gasteiger partial charge < -0.3 is 10.4 Å². The number of rotatable bonds is 6. The van der Waals surface area contributed by atoms with Crippen molar-refractivity contribution in [3.05, 3.63) is 39.7 Å². The van der Waals surface area contributed by atoms with E-state index in [4.69, 9.17) is 5.11 Å². The fourth-order valence-corrected chi connectivity index (χ4v) is 1.73. The lowest BCUT2D eigenvalue weighted by molar-refractivity contribution is -0.387. The molecule has 0 bridgehead atoms. The van der Waals surface area contributed by atoms with Crippen molar-refractivity contribution in [2.45, 2.75) is 26.3 Å². The number of nitro groups is 1. The van der Waals surface area contributed by atoms with Crippen LogP contribution in [0.2, 0.25) is 0 Å². The molecule has 8 heteroatoms. The highest BCUT2D eigenvalue weighted by Gasteiger charge is 2.23. The lowest BCUT2D eigenvalue weighted by Gasteiger charge is -2.16. The molecule has 114 valence electrons. The van der Waals surface area contributed by atoms with Gasteiger partial charge in [-0.05, 0) is 24.5 Å². The molecule has 0 saturated carbocycles. The van der Waals surface area contributed by atoms with Gasteiger partial charge in [0, 0.05) is 11.6 Å². The summed E-state index contributed by atoms with van der Waals surface area (Å²) >= 11 is 0. The lowest BCUT2D eigenvalue weighted by atomic mass is 10.0. The Kier molecular flexibility index (Phi) is 5.34. The zero-order chi connectivity index (χ0) is 16.2. The molecule has 0 aliphatic heterocycles. The summed E-state index contributed by atoms with van der Waals surface area (Å²) < 4.78 is 13.4. The Bertz CT molecular complexity index is 574. The third-order valence-corrected chi connectivity index (χ3v) is 2.72. The molecule has 0 radical (unpaired) electrons. The first kappa shape index (κ1) is 16.5. The summed E-state index contributed by atoms with van der Waals surface area (Å²) in [4.78, 5) is 32.5. The number of carboxylic acid groups (broad SMARTS) is 1. The highest BCUT2D eigenvalue weighted by molar-refractivity contribution is 5.96. The van der Waals surface area contributed by atoms with Gasteiger partial charge in [-0.25, -0.2) is 4.79 Å². The van der Waals surface area contributed by atoms with E-state index < -0.39 is 34.3 Å². The molecule has 0 aliphatic rings. The number of carboxylic acids is 1. The quantitative estimate of drug-likeness (QED) is 0.616. The number of nitrogens with zero attached hydrogens (tertiary/aromatic N) is 1. The summed E-state index contributed by atoms with van der Waals surface area (Å²) in [5, 5.41) is 21.8. The molecule has 7 nitrogen and oxygen atoms in total. The Morgan fingerprint density at radius 3 is 2.48 bits per heavy atom. The third kappa shape index (κ3) is 4.51. The molecule has 0 fully saturated rings. The van der Waals surface area contributed by atoms with Crippen LogP contribution in [-0.2, 0) is 4.79 Å². The van der Waals surface area contributed by atoms with Crippen LogP contribution in [0.3, 0.4) is 0 Å². The van der Waals surface area contributed by atoms with E-state index in [0.29, 0.717) is 6.07 Å². The fourth-order valence-electron chi connectivity index (χ4n) is 1.73. The predicted octanol–water partition coefficient (Wildman–Crippen LogP) is 1.96. The number of nitro benzene ring substituents is 1. The van der Waals surface area contributed by atoms with Gasteiger partial charge in [-0.15, -0.1) is 0 Å². The van der Waals surface area contributed by atoms with Crippen LogP contribution in [0.15, 0.2) is 18.2 Å². The van der Waals surface area contributed by atoms with Gasteiger partial charge in [-0.3, -0.25) is 14.9 Å². The van der Waals surface area contributed by atoms with Crippen molar-refractivity contribution in [2.75, 3.05) is 0 Å². The molecular weight excluding hydrogens is 283 g/mol. The molecule has 2 N–H and O–H groups in total. The molecule has 0 spiro atoms. The number of amides is 1. The van der Waals surface area contributed by atoms with Crippen molar-refractivity contribution in [3.63, 3.8) is 0 Å². The van der Waals surface area contributed by atoms with Crippen LogP contribution in [0.25, 0.3) is 0 Å². The Morgan fingerprint density at radius 1 is 1.43 bits per heavy atom. The van der Waals surface area contributed by atoms with E-state index in [1.54, 1.807) is 13.8 Å². The molecule has 1 amide bonds. The molecule has 1 aromatic rings. The minimum atomic E-state index is -1.19. The van der Waals surface area contributed by atoms with Gasteiger partial charge in [0.2, 0.25) is 5.82 Å². The summed E-state index contributed by atoms with van der Waals surface area (Å²) in [6, 6.07) is 1.55. The average Bonchev–Trinajstić information content (AvgIpc) is 2.36.